The Labute approximate surface area is 190 Å². The smallest absolute Gasteiger partial charge is 0.332 e. The molecular formula is C24H30N3O4P. The minimum absolute atomic E-state index is 0.0777. The zero-order valence-electron chi connectivity index (χ0n) is 18.8. The van der Waals surface area contributed by atoms with Crippen molar-refractivity contribution in [2.75, 3.05) is 20.2 Å². The third-order valence-electron chi connectivity index (χ3n) is 7.41. The summed E-state index contributed by atoms with van der Waals surface area (Å²) >= 11 is 0. The van der Waals surface area contributed by atoms with Crippen LogP contribution in [0, 0.1) is 5.41 Å². The van der Waals surface area contributed by atoms with Crippen molar-refractivity contribution in [1.29, 1.82) is 0 Å². The molecule has 4 heterocycles. The van der Waals surface area contributed by atoms with Gasteiger partial charge in [-0.05, 0) is 56.9 Å². The van der Waals surface area contributed by atoms with Crippen molar-refractivity contribution in [3.8, 4) is 0 Å². The van der Waals surface area contributed by atoms with Gasteiger partial charge < -0.3 is 18.9 Å². The van der Waals surface area contributed by atoms with E-state index < -0.39 is 12.0 Å². The normalized spacial score (nSPS) is 25.5. The molecule has 1 aromatic carbocycles. The Kier molecular flexibility index (Phi) is 5.60. The number of hydrogen-bond donors (Lipinski definition) is 1. The number of para-hydroxylation sites is 1. The minimum atomic E-state index is -0.762. The third-order valence-corrected chi connectivity index (χ3v) is 7.86. The second-order valence-electron chi connectivity index (χ2n) is 9.03. The van der Waals surface area contributed by atoms with Gasteiger partial charge in [0.2, 0.25) is 9.03 Å². The van der Waals surface area contributed by atoms with Gasteiger partial charge in [-0.3, -0.25) is 9.69 Å². The number of nitrogens with zero attached hydrogens (tertiary/aromatic N) is 2. The Bertz CT molecular complexity index is 1110. The van der Waals surface area contributed by atoms with Crippen LogP contribution in [0.3, 0.4) is 0 Å². The van der Waals surface area contributed by atoms with E-state index >= 15 is 0 Å². The summed E-state index contributed by atoms with van der Waals surface area (Å²) in [4.78, 5) is 28.4. The SMILES string of the molecule is CC[C@@]12C=C(C(=O)N[C@H](C)C(=O)OPOC)n3c4c(c5ccccc53)CCN(CCC1)[C@H]42. The fourth-order valence-electron chi connectivity index (χ4n) is 5.95. The van der Waals surface area contributed by atoms with Gasteiger partial charge in [0.25, 0.3) is 5.91 Å². The standard InChI is InChI=1S/C24H30N3O4P/c1-4-24-11-7-12-26-13-10-17-16-8-5-6-9-18(16)27(20(17)21(24)26)19(14-24)22(28)25-15(2)23(29)31-32-30-3/h5-6,8-9,14-15,21,32H,4,7,10-13H2,1-3H3,(H,25,28)/t15-,21-,24+/m1/s1. The number of rotatable bonds is 6. The fraction of sp³-hybridized carbons (Fsp3) is 0.500. The van der Waals surface area contributed by atoms with E-state index in [-0.39, 0.29) is 20.4 Å². The first-order chi connectivity index (χ1) is 15.5. The predicted molar refractivity (Wildman–Crippen MR) is 125 cm³/mol. The Morgan fingerprint density at radius 1 is 1.31 bits per heavy atom. The number of hydrogen-bond acceptors (Lipinski definition) is 5. The molecule has 0 aliphatic carbocycles. The molecule has 0 bridgehead atoms. The summed E-state index contributed by atoms with van der Waals surface area (Å²) in [6.07, 6.45) is 6.36. The molecule has 2 aromatic rings. The van der Waals surface area contributed by atoms with E-state index in [1.807, 2.05) is 6.07 Å². The molecule has 7 nitrogen and oxygen atoms in total. The maximum absolute atomic E-state index is 13.6. The van der Waals surface area contributed by atoms with Gasteiger partial charge in [0.05, 0.1) is 11.6 Å². The molecule has 0 radical (unpaired) electrons. The van der Waals surface area contributed by atoms with Crippen LogP contribution >= 0.6 is 9.03 Å². The van der Waals surface area contributed by atoms with Crippen LogP contribution in [0.4, 0.5) is 0 Å². The number of amides is 1. The zero-order valence-corrected chi connectivity index (χ0v) is 19.8. The van der Waals surface area contributed by atoms with Crippen LogP contribution in [0.5, 0.6) is 0 Å². The number of nitrogens with one attached hydrogen (secondary N) is 1. The lowest BCUT2D eigenvalue weighted by molar-refractivity contribution is -0.137. The Morgan fingerprint density at radius 3 is 2.91 bits per heavy atom. The van der Waals surface area contributed by atoms with Crippen LogP contribution in [0.2, 0.25) is 0 Å². The number of aromatic nitrogens is 1. The van der Waals surface area contributed by atoms with E-state index in [9.17, 15) is 9.59 Å². The van der Waals surface area contributed by atoms with Gasteiger partial charge in [-0.2, -0.15) is 0 Å². The van der Waals surface area contributed by atoms with E-state index in [1.54, 1.807) is 6.92 Å². The van der Waals surface area contributed by atoms with E-state index in [1.165, 1.54) is 23.8 Å². The van der Waals surface area contributed by atoms with Crippen LogP contribution in [0.15, 0.2) is 30.3 Å². The summed E-state index contributed by atoms with van der Waals surface area (Å²) in [5.41, 5.74) is 4.24. The van der Waals surface area contributed by atoms with Crippen LogP contribution in [0.1, 0.15) is 50.4 Å². The lowest BCUT2D eigenvalue weighted by Gasteiger charge is -2.53. The van der Waals surface area contributed by atoms with Crippen LogP contribution in [-0.2, 0) is 25.1 Å². The molecule has 3 aliphatic rings. The Morgan fingerprint density at radius 2 is 2.12 bits per heavy atom. The highest BCUT2D eigenvalue weighted by Gasteiger charge is 2.51. The molecule has 5 rings (SSSR count). The first-order valence-corrected chi connectivity index (χ1v) is 12.2. The fourth-order valence-corrected chi connectivity index (χ4v) is 6.29. The third kappa shape index (κ3) is 3.21. The molecule has 0 saturated carbocycles. The molecule has 0 spiro atoms. The summed E-state index contributed by atoms with van der Waals surface area (Å²) in [6, 6.07) is 7.89. The summed E-state index contributed by atoms with van der Waals surface area (Å²) < 4.78 is 12.0. The predicted octanol–water partition coefficient (Wildman–Crippen LogP) is 3.79. The molecule has 170 valence electrons. The van der Waals surface area contributed by atoms with Crippen molar-refractivity contribution in [1.82, 2.24) is 14.8 Å². The molecule has 1 amide bonds. The number of piperidine rings is 1. The highest BCUT2D eigenvalue weighted by molar-refractivity contribution is 7.26. The van der Waals surface area contributed by atoms with Gasteiger partial charge in [-0.15, -0.1) is 0 Å². The van der Waals surface area contributed by atoms with Crippen molar-refractivity contribution in [3.63, 3.8) is 0 Å². The molecule has 8 heteroatoms. The zero-order chi connectivity index (χ0) is 22.5. The van der Waals surface area contributed by atoms with E-state index in [2.05, 4.69) is 46.0 Å². The van der Waals surface area contributed by atoms with Gasteiger partial charge in [0.15, 0.2) is 0 Å². The highest BCUT2D eigenvalue weighted by Crippen LogP contribution is 2.56. The largest absolute Gasteiger partial charge is 0.418 e. The van der Waals surface area contributed by atoms with Gasteiger partial charge in [-0.25, -0.2) is 4.79 Å². The molecule has 1 unspecified atom stereocenters. The van der Waals surface area contributed by atoms with Crippen molar-refractivity contribution >= 4 is 37.5 Å². The van der Waals surface area contributed by atoms with Crippen LogP contribution < -0.4 is 5.32 Å². The summed E-state index contributed by atoms with van der Waals surface area (Å²) in [6.45, 7) is 6.04. The topological polar surface area (TPSA) is 72.8 Å². The average molecular weight is 455 g/mol. The lowest BCUT2D eigenvalue weighted by Crippen LogP contribution is -2.51. The van der Waals surface area contributed by atoms with Gasteiger partial charge in [0, 0.05) is 30.1 Å². The number of carbonyl (C=O) groups excluding carboxylic acids is 2. The summed E-state index contributed by atoms with van der Waals surface area (Å²) in [5.74, 6) is -0.742. The van der Waals surface area contributed by atoms with Gasteiger partial charge in [-0.1, -0.05) is 25.1 Å². The molecule has 1 saturated heterocycles. The molecule has 4 atom stereocenters. The average Bonchev–Trinajstić information content (AvgIpc) is 3.16. The van der Waals surface area contributed by atoms with E-state index in [0.29, 0.717) is 11.7 Å². The van der Waals surface area contributed by atoms with Crippen LogP contribution in [-0.4, -0.2) is 47.6 Å². The molecule has 1 N–H and O–H groups in total. The number of carbonyl (C=O) groups is 2. The lowest BCUT2D eigenvalue weighted by atomic mass is 9.66. The second kappa shape index (κ2) is 8.29. The van der Waals surface area contributed by atoms with E-state index in [0.717, 1.165) is 44.3 Å². The first kappa shape index (κ1) is 21.6. The molecule has 32 heavy (non-hydrogen) atoms. The van der Waals surface area contributed by atoms with Gasteiger partial charge in [0.1, 0.15) is 11.7 Å². The Hall–Kier alpha value is -2.21. The molecule has 1 aromatic heterocycles. The summed E-state index contributed by atoms with van der Waals surface area (Å²) in [5, 5.41) is 4.10. The molecule has 1 fully saturated rings. The maximum Gasteiger partial charge on any atom is 0.332 e. The first-order valence-electron chi connectivity index (χ1n) is 11.4. The summed E-state index contributed by atoms with van der Waals surface area (Å²) in [7, 11) is 1.09. The minimum Gasteiger partial charge on any atom is -0.418 e. The van der Waals surface area contributed by atoms with E-state index in [4.69, 9.17) is 9.05 Å². The molecule has 3 aliphatic heterocycles. The number of benzene rings is 1. The maximum atomic E-state index is 13.6. The van der Waals surface area contributed by atoms with Crippen LogP contribution in [0.25, 0.3) is 16.6 Å². The van der Waals surface area contributed by atoms with Crippen molar-refractivity contribution in [2.24, 2.45) is 5.41 Å². The highest BCUT2D eigenvalue weighted by atomic mass is 31.1. The van der Waals surface area contributed by atoms with Crippen molar-refractivity contribution in [3.05, 3.63) is 41.6 Å². The molecular weight excluding hydrogens is 425 g/mol. The Balaban J connectivity index is 1.62. The van der Waals surface area contributed by atoms with Crippen molar-refractivity contribution < 1.29 is 18.6 Å². The van der Waals surface area contributed by atoms with Crippen molar-refractivity contribution in [2.45, 2.75) is 51.6 Å². The monoisotopic (exact) mass is 455 g/mol. The number of fused-ring (bicyclic) bond motifs is 3. The second-order valence-corrected chi connectivity index (χ2v) is 9.81. The van der Waals surface area contributed by atoms with Gasteiger partial charge >= 0.3 is 5.97 Å². The quantitative estimate of drug-likeness (QED) is 0.671.